The molecule has 2 heterocycles. The summed E-state index contributed by atoms with van der Waals surface area (Å²) in [6.07, 6.45) is 4.85. The number of hydrogen-bond donors (Lipinski definition) is 2. The Bertz CT molecular complexity index is 1060. The third-order valence-electron chi connectivity index (χ3n) is 5.84. The van der Waals surface area contributed by atoms with E-state index in [0.29, 0.717) is 30.2 Å². The van der Waals surface area contributed by atoms with Gasteiger partial charge in [-0.05, 0) is 61.2 Å². The van der Waals surface area contributed by atoms with Gasteiger partial charge in [0.2, 0.25) is 0 Å². The molecule has 2 aromatic carbocycles. The summed E-state index contributed by atoms with van der Waals surface area (Å²) in [5.41, 5.74) is 4.49. The van der Waals surface area contributed by atoms with Crippen molar-refractivity contribution < 1.29 is 9.53 Å². The van der Waals surface area contributed by atoms with E-state index in [9.17, 15) is 10.1 Å². The predicted octanol–water partition coefficient (Wildman–Crippen LogP) is 3.63. The lowest BCUT2D eigenvalue weighted by Gasteiger charge is -2.33. The zero-order valence-electron chi connectivity index (χ0n) is 17.1. The van der Waals surface area contributed by atoms with Crippen LogP contribution in [0, 0.1) is 11.3 Å². The first kappa shape index (κ1) is 20.0. The second-order valence-electron chi connectivity index (χ2n) is 7.67. The smallest absolute Gasteiger partial charge is 0.251 e. The molecule has 0 spiro atoms. The Morgan fingerprint density at radius 3 is 2.70 bits per heavy atom. The van der Waals surface area contributed by atoms with Crippen LogP contribution in [0.25, 0.3) is 10.9 Å². The summed E-state index contributed by atoms with van der Waals surface area (Å²) in [7, 11) is 1.77. The van der Waals surface area contributed by atoms with E-state index in [0.717, 1.165) is 48.1 Å². The molecule has 30 heavy (non-hydrogen) atoms. The number of nitrogens with one attached hydrogen (secondary N) is 2. The molecule has 0 bridgehead atoms. The second kappa shape index (κ2) is 9.02. The van der Waals surface area contributed by atoms with Gasteiger partial charge in [0.05, 0.1) is 11.7 Å². The largest absolute Gasteiger partial charge is 0.381 e. The first-order valence-electron chi connectivity index (χ1n) is 10.3. The van der Waals surface area contributed by atoms with Crippen molar-refractivity contribution in [3.8, 4) is 6.07 Å². The van der Waals surface area contributed by atoms with Gasteiger partial charge in [0.15, 0.2) is 0 Å². The summed E-state index contributed by atoms with van der Waals surface area (Å²) in [4.78, 5) is 17.9. The minimum Gasteiger partial charge on any atom is -0.381 e. The molecule has 1 aromatic heterocycles. The molecule has 1 saturated heterocycles. The quantitative estimate of drug-likeness (QED) is 0.660. The van der Waals surface area contributed by atoms with Crippen molar-refractivity contribution in [1.29, 1.82) is 5.26 Å². The average molecular weight is 402 g/mol. The fourth-order valence-corrected chi connectivity index (χ4v) is 4.01. The molecule has 1 aliphatic heterocycles. The molecule has 2 N–H and O–H groups in total. The maximum absolute atomic E-state index is 12.5. The molecule has 1 aliphatic rings. The number of aromatic nitrogens is 1. The van der Waals surface area contributed by atoms with Gasteiger partial charge >= 0.3 is 0 Å². The topological polar surface area (TPSA) is 81.2 Å². The Morgan fingerprint density at radius 1 is 1.23 bits per heavy atom. The van der Waals surface area contributed by atoms with Gasteiger partial charge < -0.3 is 19.9 Å². The van der Waals surface area contributed by atoms with Gasteiger partial charge in [0.1, 0.15) is 6.07 Å². The molecule has 0 radical (unpaired) electrons. The van der Waals surface area contributed by atoms with Gasteiger partial charge in [-0.25, -0.2) is 0 Å². The third-order valence-corrected chi connectivity index (χ3v) is 5.84. The number of H-pyrrole nitrogens is 1. The average Bonchev–Trinajstić information content (AvgIpc) is 3.21. The summed E-state index contributed by atoms with van der Waals surface area (Å²) < 4.78 is 5.43. The number of amides is 1. The first-order chi connectivity index (χ1) is 14.7. The number of methoxy groups -OCH3 is 1. The number of aromatic amines is 1. The zero-order chi connectivity index (χ0) is 20.9. The molecule has 3 aromatic rings. The van der Waals surface area contributed by atoms with Crippen molar-refractivity contribution in [2.24, 2.45) is 0 Å². The van der Waals surface area contributed by atoms with Crippen LogP contribution in [0.1, 0.15) is 34.3 Å². The fraction of sp³-hybridized carbons (Fsp3) is 0.333. The van der Waals surface area contributed by atoms with Gasteiger partial charge in [-0.3, -0.25) is 4.79 Å². The number of anilines is 1. The molecule has 4 rings (SSSR count). The first-order valence-corrected chi connectivity index (χ1v) is 10.3. The zero-order valence-corrected chi connectivity index (χ0v) is 17.1. The fourth-order valence-electron chi connectivity index (χ4n) is 4.01. The predicted molar refractivity (Wildman–Crippen MR) is 118 cm³/mol. The number of nitrogens with zero attached hydrogens (tertiary/aromatic N) is 2. The number of benzene rings is 2. The van der Waals surface area contributed by atoms with Crippen molar-refractivity contribution in [3.05, 3.63) is 65.4 Å². The van der Waals surface area contributed by atoms with E-state index in [4.69, 9.17) is 4.74 Å². The summed E-state index contributed by atoms with van der Waals surface area (Å²) in [6, 6.07) is 16.0. The highest BCUT2D eigenvalue weighted by atomic mass is 16.5. The number of carbonyl (C=O) groups excluding carboxylic acids is 1. The molecular weight excluding hydrogens is 376 g/mol. The molecular formula is C24H26N4O2. The van der Waals surface area contributed by atoms with E-state index in [1.165, 1.54) is 0 Å². The maximum Gasteiger partial charge on any atom is 0.251 e. The number of ether oxygens (including phenoxy) is 1. The lowest BCUT2D eigenvalue weighted by molar-refractivity contribution is 0.0819. The van der Waals surface area contributed by atoms with Crippen LogP contribution in [0.2, 0.25) is 0 Å². The number of hydrogen-bond acceptors (Lipinski definition) is 4. The van der Waals surface area contributed by atoms with Gasteiger partial charge in [-0.15, -0.1) is 0 Å². The molecule has 0 unspecified atom stereocenters. The van der Waals surface area contributed by atoms with Crippen molar-refractivity contribution >= 4 is 22.5 Å². The Kier molecular flexibility index (Phi) is 6.01. The van der Waals surface area contributed by atoms with E-state index in [1.807, 2.05) is 42.5 Å². The molecule has 154 valence electrons. The maximum atomic E-state index is 12.5. The molecule has 0 aliphatic carbocycles. The molecule has 6 heteroatoms. The van der Waals surface area contributed by atoms with Crippen LogP contribution in [0.3, 0.4) is 0 Å². The number of fused-ring (bicyclic) bond motifs is 1. The Balaban J connectivity index is 1.30. The van der Waals surface area contributed by atoms with Crippen LogP contribution in [-0.2, 0) is 11.2 Å². The van der Waals surface area contributed by atoms with E-state index in [-0.39, 0.29) is 5.91 Å². The minimum absolute atomic E-state index is 0.0694. The summed E-state index contributed by atoms with van der Waals surface area (Å²) >= 11 is 0. The van der Waals surface area contributed by atoms with Gasteiger partial charge in [0, 0.05) is 55.1 Å². The number of piperidine rings is 1. The lowest BCUT2D eigenvalue weighted by Crippen LogP contribution is -2.36. The summed E-state index contributed by atoms with van der Waals surface area (Å²) in [5, 5.41) is 13.1. The second-order valence-corrected chi connectivity index (χ2v) is 7.67. The van der Waals surface area contributed by atoms with E-state index in [2.05, 4.69) is 21.3 Å². The molecule has 0 saturated carbocycles. The highest BCUT2D eigenvalue weighted by Gasteiger charge is 2.19. The monoisotopic (exact) mass is 402 g/mol. The van der Waals surface area contributed by atoms with Crippen LogP contribution in [0.5, 0.6) is 0 Å². The molecule has 1 fully saturated rings. The molecule has 1 amide bonds. The Morgan fingerprint density at radius 2 is 2.00 bits per heavy atom. The lowest BCUT2D eigenvalue weighted by atomic mass is 10.1. The van der Waals surface area contributed by atoms with Gasteiger partial charge in [0.25, 0.3) is 5.91 Å². The number of rotatable bonds is 6. The molecule has 6 nitrogen and oxygen atoms in total. The van der Waals surface area contributed by atoms with Crippen molar-refractivity contribution in [2.45, 2.75) is 25.4 Å². The number of nitriles is 1. The third kappa shape index (κ3) is 4.32. The van der Waals surface area contributed by atoms with Crippen LogP contribution in [0.15, 0.2) is 48.7 Å². The van der Waals surface area contributed by atoms with Crippen LogP contribution in [-0.4, -0.2) is 43.7 Å². The van der Waals surface area contributed by atoms with E-state index in [1.54, 1.807) is 13.3 Å². The minimum atomic E-state index is -0.0694. The number of carbonyl (C=O) groups is 1. The summed E-state index contributed by atoms with van der Waals surface area (Å²) in [5.74, 6) is -0.0694. The van der Waals surface area contributed by atoms with Crippen molar-refractivity contribution in [1.82, 2.24) is 10.3 Å². The van der Waals surface area contributed by atoms with Crippen LogP contribution in [0.4, 0.5) is 5.69 Å². The highest BCUT2D eigenvalue weighted by Crippen LogP contribution is 2.22. The van der Waals surface area contributed by atoms with E-state index >= 15 is 0 Å². The van der Waals surface area contributed by atoms with Crippen LogP contribution >= 0.6 is 0 Å². The van der Waals surface area contributed by atoms with Gasteiger partial charge in [-0.2, -0.15) is 5.26 Å². The normalized spacial score (nSPS) is 14.6. The van der Waals surface area contributed by atoms with E-state index < -0.39 is 0 Å². The van der Waals surface area contributed by atoms with Crippen molar-refractivity contribution in [3.63, 3.8) is 0 Å². The highest BCUT2D eigenvalue weighted by molar-refractivity contribution is 5.94. The van der Waals surface area contributed by atoms with Crippen molar-refractivity contribution in [2.75, 3.05) is 31.6 Å². The Hall–Kier alpha value is -3.30. The van der Waals surface area contributed by atoms with Crippen LogP contribution < -0.4 is 10.2 Å². The standard InChI is InChI=1S/C24H26N4O2/c1-30-21-9-12-28(13-10-21)20-5-3-18(4-6-20)24(29)26-11-8-17-2-7-23-22(14-17)19(15-25)16-27-23/h2-7,14,16,21,27H,8-13H2,1H3,(H,26,29). The summed E-state index contributed by atoms with van der Waals surface area (Å²) in [6.45, 7) is 2.50. The van der Waals surface area contributed by atoms with Gasteiger partial charge in [-0.1, -0.05) is 6.07 Å². The molecule has 0 atom stereocenters. The SMILES string of the molecule is COC1CCN(c2ccc(C(=O)NCCc3ccc4[nH]cc(C#N)c4c3)cc2)CC1. The Labute approximate surface area is 176 Å².